The fraction of sp³-hybridized carbons (Fsp3) is 0.338. The molecule has 3 fully saturated rings. The molecule has 3 aromatic carbocycles. The van der Waals surface area contributed by atoms with Crippen LogP contribution in [0.25, 0.3) is 23.0 Å². The number of rotatable bonds is 9. The Bertz CT molecular complexity index is 4230. The molecule has 1 saturated carbocycles. The molecule has 98 heavy (non-hydrogen) atoms. The van der Waals surface area contributed by atoms with Gasteiger partial charge in [0.25, 0.3) is 0 Å². The van der Waals surface area contributed by atoms with Crippen LogP contribution in [0.2, 0.25) is 0 Å². The van der Waals surface area contributed by atoms with Gasteiger partial charge in [0.15, 0.2) is 5.84 Å². The van der Waals surface area contributed by atoms with Gasteiger partial charge in [0.05, 0.1) is 31.4 Å². The number of benzene rings is 3. The number of carboxylic acid groups (broad SMARTS) is 1. The van der Waals surface area contributed by atoms with Crippen LogP contribution < -0.4 is 5.73 Å². The summed E-state index contributed by atoms with van der Waals surface area (Å²) in [5.41, 5.74) is 9.42. The van der Waals surface area contributed by atoms with E-state index in [0.717, 1.165) is 24.8 Å². The average Bonchev–Trinajstić information content (AvgIpc) is 1.68. The predicted molar refractivity (Wildman–Crippen MR) is 354 cm³/mol. The summed E-state index contributed by atoms with van der Waals surface area (Å²) in [5, 5.41) is 28.5. The zero-order chi connectivity index (χ0) is 69.8. The number of nitrogens with zero attached hydrogens (tertiary/aromatic N) is 10. The van der Waals surface area contributed by atoms with Crippen LogP contribution in [0.1, 0.15) is 136 Å². The monoisotopic (exact) mass is 1360 g/mol. The third kappa shape index (κ3) is 22.2. The molecule has 0 radical (unpaired) electrons. The highest BCUT2D eigenvalue weighted by atomic mass is 35.5. The van der Waals surface area contributed by atoms with Crippen molar-refractivity contribution in [2.24, 2.45) is 10.9 Å². The van der Waals surface area contributed by atoms with E-state index in [1.54, 1.807) is 119 Å². The van der Waals surface area contributed by atoms with Gasteiger partial charge in [0.1, 0.15) is 57.8 Å². The van der Waals surface area contributed by atoms with Crippen LogP contribution in [0.4, 0.5) is 22.8 Å². The zero-order valence-corrected chi connectivity index (χ0v) is 55.9. The lowest BCUT2D eigenvalue weighted by Gasteiger charge is -2.26. The minimum Gasteiger partial charge on any atom is -0.480 e. The summed E-state index contributed by atoms with van der Waals surface area (Å²) in [7, 11) is 4.83. The molecule has 512 valence electrons. The normalized spacial score (nSPS) is 17.8. The summed E-state index contributed by atoms with van der Waals surface area (Å²) in [5.74, 6) is 17.3. The summed E-state index contributed by atoms with van der Waals surface area (Å²) < 4.78 is 76.9. The lowest BCUT2D eigenvalue weighted by Crippen LogP contribution is -2.43. The molecule has 2 amide bonds. The van der Waals surface area contributed by atoms with Crippen LogP contribution in [0.5, 0.6) is 0 Å². The Morgan fingerprint density at radius 1 is 0.561 bits per heavy atom. The molecule has 0 spiro atoms. The molecule has 23 nitrogen and oxygen atoms in total. The van der Waals surface area contributed by atoms with Crippen LogP contribution >= 0.6 is 12.4 Å². The van der Waals surface area contributed by atoms with E-state index in [2.05, 4.69) is 75.9 Å². The molecule has 4 N–H and O–H groups in total. The number of ether oxygens (including phenoxy) is 5. The molecule has 0 bridgehead atoms. The molecule has 11 rings (SSSR count). The number of aliphatic carboxylic acids is 1. The molecular weight excluding hydrogens is 1290 g/mol. The molecule has 7 heterocycles. The molecule has 2 aliphatic heterocycles. The molecule has 5 aromatic heterocycles. The number of nitrogens with two attached hydrogens (primary N) is 1. The number of methoxy groups -OCH3 is 3. The van der Waals surface area contributed by atoms with Crippen molar-refractivity contribution >= 4 is 36.4 Å². The highest BCUT2D eigenvalue weighted by Gasteiger charge is 2.43. The van der Waals surface area contributed by atoms with E-state index in [0.29, 0.717) is 81.8 Å². The van der Waals surface area contributed by atoms with Gasteiger partial charge in [-0.05, 0) is 152 Å². The van der Waals surface area contributed by atoms with Gasteiger partial charge in [0.2, 0.25) is 23.4 Å². The van der Waals surface area contributed by atoms with Gasteiger partial charge in [-0.25, -0.2) is 27.6 Å². The van der Waals surface area contributed by atoms with Gasteiger partial charge in [-0.15, -0.1) is 12.4 Å². The fourth-order valence-corrected chi connectivity index (χ4v) is 9.81. The van der Waals surface area contributed by atoms with E-state index >= 15 is 0 Å². The molecule has 3 aliphatic rings. The Kier molecular flexibility index (Phi) is 26.5. The van der Waals surface area contributed by atoms with E-state index in [1.165, 1.54) is 54.6 Å². The lowest BCUT2D eigenvalue weighted by molar-refractivity contribution is -0.142. The standard InChI is InChI=1S/C25H25FN4O4.C21H18FN3O2.C14H10FN3O.C11H19NO5.ClH/c1-25(2,3)33-24(31)30-15-19(32-4)13-21(30)23-28-22(29-34-23)20-11-10-17(14-27-20)9-8-16-6-5-7-18(26)12-16;1-26-18-9-8-16(12-18)21-24-20(25-27-21)19-10-7-15(13-23-19)6-5-14-3-2-4-17(22)11-14;15-12-3-1-2-10(8-12)4-5-11-6-7-13(17-9-11)14(16)18-19;1-11(2,3)17-10(15)12-6-7(16-4)5-8(12)9(13)14;/h5-7,10-12,14,19,21H,13,15H2,1-4H3;2-4,7,10-11,13,16,18H,8-9,12H2,1H3;1-3,6-9,19H,(H2,16,18);7-8H,5-6H2,1-4H3,(H,13,14);1H/t19-,21-;16-,18+;;7-,8-;/m11.1./s1. The van der Waals surface area contributed by atoms with Crippen molar-refractivity contribution in [3.63, 3.8) is 0 Å². The number of oxime groups is 1. The predicted octanol–water partition coefficient (Wildman–Crippen LogP) is 11.6. The Balaban J connectivity index is 0.000000190. The summed E-state index contributed by atoms with van der Waals surface area (Å²) in [6.07, 6.45) is 7.23. The number of hydrogen-bond acceptors (Lipinski definition) is 19. The number of carbonyl (C=O) groups excluding carboxylic acids is 2. The summed E-state index contributed by atoms with van der Waals surface area (Å²) in [6, 6.07) is 27.4. The largest absolute Gasteiger partial charge is 0.480 e. The van der Waals surface area contributed by atoms with Gasteiger partial charge >= 0.3 is 18.2 Å². The zero-order valence-electron chi connectivity index (χ0n) is 55.1. The maximum Gasteiger partial charge on any atom is 0.411 e. The summed E-state index contributed by atoms with van der Waals surface area (Å²) >= 11 is 0. The average molecular weight is 1360 g/mol. The number of aromatic nitrogens is 7. The van der Waals surface area contributed by atoms with E-state index in [9.17, 15) is 27.6 Å². The minimum atomic E-state index is -1.03. The second-order valence-corrected chi connectivity index (χ2v) is 24.2. The number of halogens is 4. The van der Waals surface area contributed by atoms with Crippen LogP contribution in [0.15, 0.2) is 142 Å². The van der Waals surface area contributed by atoms with E-state index in [-0.39, 0.29) is 72.4 Å². The number of amidine groups is 1. The first kappa shape index (κ1) is 74.7. The van der Waals surface area contributed by atoms with Gasteiger partial charge in [-0.3, -0.25) is 24.8 Å². The van der Waals surface area contributed by atoms with Crippen LogP contribution in [0.3, 0.4) is 0 Å². The highest BCUT2D eigenvalue weighted by molar-refractivity contribution is 5.95. The lowest BCUT2D eigenvalue weighted by atomic mass is 10.1. The molecule has 8 aromatic rings. The van der Waals surface area contributed by atoms with Crippen LogP contribution in [-0.2, 0) is 28.5 Å². The molecule has 6 atom stereocenters. The maximum absolute atomic E-state index is 13.3. The van der Waals surface area contributed by atoms with Crippen LogP contribution in [-0.4, -0.2) is 149 Å². The first-order valence-electron chi connectivity index (χ1n) is 30.5. The number of carbonyl (C=O) groups is 3. The van der Waals surface area contributed by atoms with E-state index < -0.39 is 41.4 Å². The smallest absolute Gasteiger partial charge is 0.411 e. The fourth-order valence-electron chi connectivity index (χ4n) is 9.81. The second-order valence-electron chi connectivity index (χ2n) is 24.2. The Morgan fingerprint density at radius 3 is 1.40 bits per heavy atom. The highest BCUT2D eigenvalue weighted by Crippen LogP contribution is 2.37. The van der Waals surface area contributed by atoms with Crippen molar-refractivity contribution in [1.82, 2.24) is 45.0 Å². The summed E-state index contributed by atoms with van der Waals surface area (Å²) in [6.45, 7) is 11.3. The number of likely N-dealkylation sites (tertiary alicyclic amines) is 2. The first-order chi connectivity index (χ1) is 46.3. The van der Waals surface area contributed by atoms with Crippen LogP contribution in [0, 0.1) is 53.0 Å². The molecule has 1 aliphatic carbocycles. The van der Waals surface area contributed by atoms with Crippen molar-refractivity contribution in [3.8, 4) is 58.6 Å². The first-order valence-corrected chi connectivity index (χ1v) is 30.5. The second kappa shape index (κ2) is 34.8. The van der Waals surface area contributed by atoms with Crippen molar-refractivity contribution < 1.29 is 70.6 Å². The maximum atomic E-state index is 13.3. The molecular formula is C71H73ClF3N11O12. The Morgan fingerprint density at radius 2 is 0.990 bits per heavy atom. The third-order valence-corrected chi connectivity index (χ3v) is 14.6. The summed E-state index contributed by atoms with van der Waals surface area (Å²) in [4.78, 5) is 60.0. The number of pyridine rings is 3. The molecule has 0 unspecified atom stereocenters. The van der Waals surface area contributed by atoms with Gasteiger partial charge < -0.3 is 48.8 Å². The minimum absolute atomic E-state index is 0. The number of amides is 2. The van der Waals surface area contributed by atoms with E-state index in [1.807, 2.05) is 26.8 Å². The number of hydrogen-bond donors (Lipinski definition) is 3. The van der Waals surface area contributed by atoms with Crippen molar-refractivity contribution in [2.75, 3.05) is 34.4 Å². The van der Waals surface area contributed by atoms with E-state index in [4.69, 9.17) is 48.8 Å². The quantitative estimate of drug-likeness (QED) is 0.0398. The molecule has 27 heteroatoms. The van der Waals surface area contributed by atoms with Crippen molar-refractivity contribution in [1.29, 1.82) is 0 Å². The molecule has 2 saturated heterocycles. The Hall–Kier alpha value is -10.7. The third-order valence-electron chi connectivity index (χ3n) is 14.6. The van der Waals surface area contributed by atoms with Gasteiger partial charge in [-0.1, -0.05) is 69.2 Å². The number of carboxylic acids is 1. The van der Waals surface area contributed by atoms with Crippen molar-refractivity contribution in [3.05, 3.63) is 196 Å². The Labute approximate surface area is 570 Å². The van der Waals surface area contributed by atoms with Gasteiger partial charge in [0, 0.05) is 92.1 Å². The SMILES string of the molecule is CO[C@@H]1C[C@H](C(=O)O)N(C(=O)OC(C)(C)C)C1.CO[C@@H]1C[C@H](c2nc(-c3ccc(C#Cc4cccc(F)c4)cn3)no2)N(C(=O)OC(C)(C)C)C1.CO[C@H]1CC[C@@H](c2nc(-c3ccc(C#Cc4cccc(F)c4)cn3)no2)C1.Cl.N/C(=N\O)c1ccc(C#Cc2cccc(F)c2)cn1. The topological polar surface area (TPSA) is 299 Å². The van der Waals surface area contributed by atoms with Gasteiger partial charge in [-0.2, -0.15) is 9.97 Å². The van der Waals surface area contributed by atoms with Crippen molar-refractivity contribution in [2.45, 2.75) is 121 Å².